The van der Waals surface area contributed by atoms with Crippen LogP contribution in [0.15, 0.2) is 54.6 Å². The van der Waals surface area contributed by atoms with Crippen molar-refractivity contribution >= 4 is 0 Å². The van der Waals surface area contributed by atoms with Gasteiger partial charge in [-0.05, 0) is 117 Å². The fourth-order valence-corrected chi connectivity index (χ4v) is 4.07. The van der Waals surface area contributed by atoms with Crippen LogP contribution in [0.25, 0.3) is 0 Å². The van der Waals surface area contributed by atoms with E-state index >= 15 is 0 Å². The molecule has 252 valence electrons. The number of ether oxygens (including phenoxy) is 3. The molecule has 0 fully saturated rings. The van der Waals surface area contributed by atoms with Crippen LogP contribution < -0.4 is 14.2 Å². The van der Waals surface area contributed by atoms with E-state index in [-0.39, 0.29) is 52.0 Å². The second kappa shape index (κ2) is 16.4. The first-order chi connectivity index (χ1) is 20.4. The average molecular weight is 631 g/mol. The van der Waals surface area contributed by atoms with Crippen molar-refractivity contribution in [3.8, 4) is 17.2 Å². The minimum atomic E-state index is -0.295. The zero-order valence-corrected chi connectivity index (χ0v) is 30.3. The highest BCUT2D eigenvalue weighted by molar-refractivity contribution is 5.35. The summed E-state index contributed by atoms with van der Waals surface area (Å²) in [5, 5.41) is 0. The van der Waals surface area contributed by atoms with Crippen molar-refractivity contribution in [1.82, 2.24) is 0 Å². The smallest absolute Gasteiger partial charge is 0.165 e. The fraction of sp³-hybridized carbons (Fsp3) is 0.538. The monoisotopic (exact) mass is 630 g/mol. The summed E-state index contributed by atoms with van der Waals surface area (Å²) in [5.74, 6) is 0.983. The lowest BCUT2D eigenvalue weighted by molar-refractivity contribution is 0.230. The van der Waals surface area contributed by atoms with Crippen molar-refractivity contribution < 1.29 is 27.4 Å². The molecule has 0 saturated carbocycles. The molecule has 0 unspecified atom stereocenters. The first kappa shape index (κ1) is 39.9. The van der Waals surface area contributed by atoms with Crippen molar-refractivity contribution in [2.24, 2.45) is 0 Å². The summed E-state index contributed by atoms with van der Waals surface area (Å²) in [6.07, 6.45) is 0.178. The summed E-state index contributed by atoms with van der Waals surface area (Å²) in [6.45, 7) is 30.0. The molecule has 3 rings (SSSR count). The number of benzene rings is 3. The molecule has 0 aliphatic carbocycles. The fourth-order valence-electron chi connectivity index (χ4n) is 4.07. The van der Waals surface area contributed by atoms with E-state index in [0.717, 1.165) is 16.9 Å². The van der Waals surface area contributed by atoms with Crippen LogP contribution >= 0.6 is 0 Å². The van der Waals surface area contributed by atoms with Gasteiger partial charge in [-0.1, -0.05) is 68.4 Å². The van der Waals surface area contributed by atoms with Crippen LogP contribution in [-0.2, 0) is 16.2 Å². The SMILES string of the molecule is CC(C)Oc1cc(C(C)(C)C)ccc1F.CC(C)Oc1cc(F)cc(C(C)(C)C)c1.CC(C)Oc1ccc(F)c(C(C)(C)C)c1. The first-order valence-electron chi connectivity index (χ1n) is 15.8. The van der Waals surface area contributed by atoms with Gasteiger partial charge in [0.2, 0.25) is 0 Å². The quantitative estimate of drug-likeness (QED) is 0.271. The molecule has 0 radical (unpaired) electrons. The second-order valence-corrected chi connectivity index (χ2v) is 15.2. The standard InChI is InChI=1S/3C13H19FO/c1-9(2)15-12-7-10(13(3,4)5)6-11(14)8-12;1-9(2)15-10-6-7-12(14)11(8-10)13(3,4)5;1-9(2)15-12-8-10(13(3,4)5)6-7-11(12)14/h3*6-9H,1-5H3. The number of hydrogen-bond acceptors (Lipinski definition) is 3. The molecule has 0 heterocycles. The Kier molecular flexibility index (Phi) is 14.6. The Bertz CT molecular complexity index is 1340. The van der Waals surface area contributed by atoms with Gasteiger partial charge in [-0.2, -0.15) is 0 Å². The Balaban J connectivity index is 0.000000337. The van der Waals surface area contributed by atoms with Crippen molar-refractivity contribution in [3.05, 3.63) is 88.7 Å². The highest BCUT2D eigenvalue weighted by atomic mass is 19.1. The predicted molar refractivity (Wildman–Crippen MR) is 183 cm³/mol. The zero-order valence-electron chi connectivity index (χ0n) is 30.3. The largest absolute Gasteiger partial charge is 0.491 e. The number of rotatable bonds is 6. The molecule has 0 aliphatic heterocycles. The molecule has 0 saturated heterocycles. The Hall–Kier alpha value is -3.15. The van der Waals surface area contributed by atoms with Gasteiger partial charge in [0.05, 0.1) is 18.3 Å². The maximum absolute atomic E-state index is 13.5. The molecule has 0 bridgehead atoms. The Morgan fingerprint density at radius 2 is 0.956 bits per heavy atom. The van der Waals surface area contributed by atoms with Gasteiger partial charge >= 0.3 is 0 Å². The van der Waals surface area contributed by atoms with Gasteiger partial charge < -0.3 is 14.2 Å². The number of hydrogen-bond donors (Lipinski definition) is 0. The molecule has 0 spiro atoms. The summed E-state index contributed by atoms with van der Waals surface area (Å²) in [5.41, 5.74) is 2.50. The Labute approximate surface area is 271 Å². The maximum atomic E-state index is 13.5. The van der Waals surface area contributed by atoms with Crippen LogP contribution in [0.4, 0.5) is 13.2 Å². The molecule has 0 aliphatic rings. The summed E-state index contributed by atoms with van der Waals surface area (Å²) >= 11 is 0. The van der Waals surface area contributed by atoms with Gasteiger partial charge in [0.15, 0.2) is 11.6 Å². The molecule has 0 atom stereocenters. The van der Waals surface area contributed by atoms with Crippen LogP contribution in [-0.4, -0.2) is 18.3 Å². The van der Waals surface area contributed by atoms with Crippen LogP contribution in [0.2, 0.25) is 0 Å². The Morgan fingerprint density at radius 3 is 1.42 bits per heavy atom. The topological polar surface area (TPSA) is 27.7 Å². The van der Waals surface area contributed by atoms with Crippen LogP contribution in [0.5, 0.6) is 17.2 Å². The second-order valence-electron chi connectivity index (χ2n) is 15.2. The molecule has 0 N–H and O–H groups in total. The summed E-state index contributed by atoms with van der Waals surface area (Å²) in [4.78, 5) is 0. The molecule has 3 nitrogen and oxygen atoms in total. The minimum absolute atomic E-state index is 0.00489. The normalized spacial score (nSPS) is 11.9. The van der Waals surface area contributed by atoms with Crippen LogP contribution in [0.3, 0.4) is 0 Å². The van der Waals surface area contributed by atoms with Gasteiger partial charge in [0, 0.05) is 6.07 Å². The van der Waals surface area contributed by atoms with Gasteiger partial charge in [0.1, 0.15) is 23.1 Å². The van der Waals surface area contributed by atoms with Crippen molar-refractivity contribution in [2.45, 2.75) is 138 Å². The van der Waals surface area contributed by atoms with Crippen LogP contribution in [0, 0.1) is 17.5 Å². The van der Waals surface area contributed by atoms with E-state index < -0.39 is 0 Å². The lowest BCUT2D eigenvalue weighted by atomic mass is 9.86. The number of halogens is 3. The molecular weight excluding hydrogens is 573 g/mol. The molecule has 0 amide bonds. The molecule has 0 aromatic heterocycles. The van der Waals surface area contributed by atoms with Gasteiger partial charge in [-0.25, -0.2) is 13.2 Å². The highest BCUT2D eigenvalue weighted by Crippen LogP contribution is 2.30. The van der Waals surface area contributed by atoms with Crippen molar-refractivity contribution in [1.29, 1.82) is 0 Å². The third-order valence-electron chi connectivity index (χ3n) is 6.39. The van der Waals surface area contributed by atoms with Gasteiger partial charge in [-0.3, -0.25) is 0 Å². The highest BCUT2D eigenvalue weighted by Gasteiger charge is 2.20. The third-order valence-corrected chi connectivity index (χ3v) is 6.39. The van der Waals surface area contributed by atoms with Gasteiger partial charge in [-0.15, -0.1) is 0 Å². The summed E-state index contributed by atoms with van der Waals surface area (Å²) < 4.78 is 56.7. The van der Waals surface area contributed by atoms with Gasteiger partial charge in [0.25, 0.3) is 0 Å². The summed E-state index contributed by atoms with van der Waals surface area (Å²) in [6, 6.07) is 14.9. The van der Waals surface area contributed by atoms with E-state index in [2.05, 4.69) is 41.5 Å². The zero-order chi connectivity index (χ0) is 34.9. The van der Waals surface area contributed by atoms with Crippen molar-refractivity contribution in [3.63, 3.8) is 0 Å². The van der Waals surface area contributed by atoms with Crippen molar-refractivity contribution in [2.75, 3.05) is 0 Å². The molecule has 6 heteroatoms. The lowest BCUT2D eigenvalue weighted by Gasteiger charge is -2.21. The predicted octanol–water partition coefficient (Wildman–Crippen LogP) is 11.7. The molecular formula is C39H57F3O3. The van der Waals surface area contributed by atoms with E-state index in [1.165, 1.54) is 18.2 Å². The first-order valence-corrected chi connectivity index (χ1v) is 15.8. The molecule has 3 aromatic rings. The maximum Gasteiger partial charge on any atom is 0.165 e. The van der Waals surface area contributed by atoms with E-state index in [1.807, 2.05) is 74.4 Å². The van der Waals surface area contributed by atoms with E-state index in [4.69, 9.17) is 14.2 Å². The molecule has 45 heavy (non-hydrogen) atoms. The van der Waals surface area contributed by atoms with E-state index in [0.29, 0.717) is 17.1 Å². The van der Waals surface area contributed by atoms with E-state index in [9.17, 15) is 13.2 Å². The third kappa shape index (κ3) is 14.7. The molecule has 3 aromatic carbocycles. The summed E-state index contributed by atoms with van der Waals surface area (Å²) in [7, 11) is 0. The van der Waals surface area contributed by atoms with Crippen LogP contribution in [0.1, 0.15) is 121 Å². The Morgan fingerprint density at radius 1 is 0.467 bits per heavy atom. The minimum Gasteiger partial charge on any atom is -0.491 e. The lowest BCUT2D eigenvalue weighted by Crippen LogP contribution is -2.14. The van der Waals surface area contributed by atoms with E-state index in [1.54, 1.807) is 24.3 Å². The average Bonchev–Trinajstić information content (AvgIpc) is 2.84.